The molecular formula is C13H22N2O. The number of nitriles is 1. The molecule has 0 aromatic carbocycles. The molecule has 90 valence electrons. The van der Waals surface area contributed by atoms with Crippen LogP contribution < -0.4 is 5.32 Å². The van der Waals surface area contributed by atoms with E-state index in [4.69, 9.17) is 4.74 Å². The molecular weight excluding hydrogens is 200 g/mol. The maximum atomic E-state index is 9.21. The van der Waals surface area contributed by atoms with Crippen LogP contribution in [-0.4, -0.2) is 19.8 Å². The van der Waals surface area contributed by atoms with E-state index < -0.39 is 0 Å². The zero-order valence-electron chi connectivity index (χ0n) is 10.7. The first-order valence-electron chi connectivity index (χ1n) is 5.86. The normalized spacial score (nSPS) is 35.2. The molecule has 1 aliphatic rings. The molecule has 4 atom stereocenters. The van der Waals surface area contributed by atoms with Crippen molar-refractivity contribution in [2.45, 2.75) is 33.2 Å². The van der Waals surface area contributed by atoms with E-state index in [0.717, 1.165) is 13.0 Å². The number of hydrogen-bond acceptors (Lipinski definition) is 3. The van der Waals surface area contributed by atoms with E-state index in [0.29, 0.717) is 11.8 Å². The van der Waals surface area contributed by atoms with Gasteiger partial charge in [-0.3, -0.25) is 0 Å². The first-order valence-corrected chi connectivity index (χ1v) is 5.86. The molecule has 0 bridgehead atoms. The SMILES string of the molecule is COC[C@@H](C)CC1(C)C(C)C=CN[C@@H]1C#N. The van der Waals surface area contributed by atoms with Gasteiger partial charge in [-0.05, 0) is 24.5 Å². The van der Waals surface area contributed by atoms with Crippen molar-refractivity contribution in [3.63, 3.8) is 0 Å². The van der Waals surface area contributed by atoms with Crippen molar-refractivity contribution in [3.05, 3.63) is 12.3 Å². The van der Waals surface area contributed by atoms with Gasteiger partial charge in [0.15, 0.2) is 0 Å². The van der Waals surface area contributed by atoms with Gasteiger partial charge in [0.05, 0.1) is 6.07 Å². The van der Waals surface area contributed by atoms with E-state index in [2.05, 4.69) is 38.2 Å². The Balaban J connectivity index is 2.78. The largest absolute Gasteiger partial charge is 0.384 e. The fourth-order valence-corrected chi connectivity index (χ4v) is 2.55. The second kappa shape index (κ2) is 5.36. The second-order valence-electron chi connectivity index (χ2n) is 5.15. The number of nitrogens with one attached hydrogen (secondary N) is 1. The zero-order chi connectivity index (χ0) is 12.2. The monoisotopic (exact) mass is 222 g/mol. The highest BCUT2D eigenvalue weighted by molar-refractivity contribution is 5.13. The van der Waals surface area contributed by atoms with Gasteiger partial charge in [-0.15, -0.1) is 0 Å². The molecule has 1 N–H and O–H groups in total. The summed E-state index contributed by atoms with van der Waals surface area (Å²) in [6, 6.07) is 2.26. The van der Waals surface area contributed by atoms with Crippen LogP contribution >= 0.6 is 0 Å². The molecule has 0 aromatic rings. The molecule has 1 heterocycles. The molecule has 0 spiro atoms. The maximum absolute atomic E-state index is 9.21. The van der Waals surface area contributed by atoms with E-state index in [-0.39, 0.29) is 11.5 Å². The molecule has 2 unspecified atom stereocenters. The Kier molecular flexibility index (Phi) is 4.37. The molecule has 0 aromatic heterocycles. The summed E-state index contributed by atoms with van der Waals surface area (Å²) in [7, 11) is 1.73. The highest BCUT2D eigenvalue weighted by atomic mass is 16.5. The first kappa shape index (κ1) is 13.1. The molecule has 0 fully saturated rings. The Labute approximate surface area is 98.5 Å². The van der Waals surface area contributed by atoms with Crippen molar-refractivity contribution >= 4 is 0 Å². The summed E-state index contributed by atoms with van der Waals surface area (Å²) in [5.74, 6) is 0.888. The van der Waals surface area contributed by atoms with Crippen molar-refractivity contribution in [1.29, 1.82) is 5.26 Å². The Bertz CT molecular complexity index is 295. The molecule has 0 amide bonds. The molecule has 0 saturated heterocycles. The number of allylic oxidation sites excluding steroid dienone is 1. The van der Waals surface area contributed by atoms with Crippen LogP contribution in [0.25, 0.3) is 0 Å². The van der Waals surface area contributed by atoms with E-state index >= 15 is 0 Å². The number of hydrogen-bond donors (Lipinski definition) is 1. The third-order valence-electron chi connectivity index (χ3n) is 3.72. The third kappa shape index (κ3) is 2.56. The Morgan fingerprint density at radius 3 is 2.88 bits per heavy atom. The highest BCUT2D eigenvalue weighted by Gasteiger charge is 2.41. The topological polar surface area (TPSA) is 45.0 Å². The van der Waals surface area contributed by atoms with Crippen LogP contribution in [0.1, 0.15) is 27.2 Å². The lowest BCUT2D eigenvalue weighted by Gasteiger charge is -2.42. The average Bonchev–Trinajstić information content (AvgIpc) is 2.22. The van der Waals surface area contributed by atoms with Crippen molar-refractivity contribution in [1.82, 2.24) is 5.32 Å². The lowest BCUT2D eigenvalue weighted by molar-refractivity contribution is 0.0931. The molecule has 1 rings (SSSR count). The average molecular weight is 222 g/mol. The maximum Gasteiger partial charge on any atom is 0.120 e. The molecule has 1 aliphatic heterocycles. The van der Waals surface area contributed by atoms with Gasteiger partial charge in [-0.2, -0.15) is 5.26 Å². The van der Waals surface area contributed by atoms with Gasteiger partial charge in [0.2, 0.25) is 0 Å². The number of rotatable bonds is 4. The minimum atomic E-state index is -0.105. The number of ether oxygens (including phenoxy) is 1. The summed E-state index contributed by atoms with van der Waals surface area (Å²) in [5.41, 5.74) is -0.0125. The molecule has 0 saturated carbocycles. The zero-order valence-corrected chi connectivity index (χ0v) is 10.7. The minimum Gasteiger partial charge on any atom is -0.384 e. The van der Waals surface area contributed by atoms with E-state index in [1.807, 2.05) is 6.20 Å². The molecule has 16 heavy (non-hydrogen) atoms. The van der Waals surface area contributed by atoms with Gasteiger partial charge in [0.1, 0.15) is 6.04 Å². The second-order valence-corrected chi connectivity index (χ2v) is 5.15. The van der Waals surface area contributed by atoms with Crippen molar-refractivity contribution in [2.24, 2.45) is 17.3 Å². The Morgan fingerprint density at radius 2 is 2.31 bits per heavy atom. The van der Waals surface area contributed by atoms with Crippen molar-refractivity contribution < 1.29 is 4.74 Å². The Morgan fingerprint density at radius 1 is 1.62 bits per heavy atom. The first-order chi connectivity index (χ1) is 7.54. The summed E-state index contributed by atoms with van der Waals surface area (Å²) in [6.07, 6.45) is 5.05. The van der Waals surface area contributed by atoms with Crippen LogP contribution in [0.3, 0.4) is 0 Å². The standard InChI is InChI=1S/C13H22N2O/c1-10(9-16-4)7-13(3)11(2)5-6-15-12(13)8-14/h5-6,10-12,15H,7,9H2,1-4H3/t10-,11?,12+,13?/m0/s1. The van der Waals surface area contributed by atoms with Gasteiger partial charge in [0.25, 0.3) is 0 Å². The quantitative estimate of drug-likeness (QED) is 0.794. The summed E-state index contributed by atoms with van der Waals surface area (Å²) in [4.78, 5) is 0. The fourth-order valence-electron chi connectivity index (χ4n) is 2.55. The fraction of sp³-hybridized carbons (Fsp3) is 0.769. The van der Waals surface area contributed by atoms with Crippen LogP contribution in [0.5, 0.6) is 0 Å². The molecule has 3 heteroatoms. The van der Waals surface area contributed by atoms with Crippen molar-refractivity contribution in [2.75, 3.05) is 13.7 Å². The smallest absolute Gasteiger partial charge is 0.120 e. The van der Waals surface area contributed by atoms with Crippen LogP contribution in [-0.2, 0) is 4.74 Å². The minimum absolute atomic E-state index is 0.0125. The summed E-state index contributed by atoms with van der Waals surface area (Å²) in [5, 5.41) is 12.4. The summed E-state index contributed by atoms with van der Waals surface area (Å²) < 4.78 is 5.17. The van der Waals surface area contributed by atoms with E-state index in [1.54, 1.807) is 7.11 Å². The van der Waals surface area contributed by atoms with Gasteiger partial charge >= 0.3 is 0 Å². The predicted molar refractivity (Wildman–Crippen MR) is 64.6 cm³/mol. The summed E-state index contributed by atoms with van der Waals surface area (Å²) in [6.45, 7) is 7.30. The van der Waals surface area contributed by atoms with Gasteiger partial charge in [-0.1, -0.05) is 26.8 Å². The Hall–Kier alpha value is -1.01. The van der Waals surface area contributed by atoms with Crippen LogP contribution in [0.4, 0.5) is 0 Å². The molecule has 0 aliphatic carbocycles. The van der Waals surface area contributed by atoms with Crippen molar-refractivity contribution in [3.8, 4) is 6.07 Å². The van der Waals surface area contributed by atoms with Crippen LogP contribution in [0, 0.1) is 28.6 Å². The number of nitrogens with zero attached hydrogens (tertiary/aromatic N) is 1. The van der Waals surface area contributed by atoms with Gasteiger partial charge < -0.3 is 10.1 Å². The lowest BCUT2D eigenvalue weighted by Crippen LogP contribution is -2.48. The lowest BCUT2D eigenvalue weighted by atomic mass is 9.66. The number of methoxy groups -OCH3 is 1. The van der Waals surface area contributed by atoms with Gasteiger partial charge in [0, 0.05) is 19.1 Å². The predicted octanol–water partition coefficient (Wildman–Crippen LogP) is 2.31. The van der Waals surface area contributed by atoms with Crippen LogP contribution in [0.15, 0.2) is 12.3 Å². The van der Waals surface area contributed by atoms with Gasteiger partial charge in [-0.25, -0.2) is 0 Å². The van der Waals surface area contributed by atoms with Crippen LogP contribution in [0.2, 0.25) is 0 Å². The highest BCUT2D eigenvalue weighted by Crippen LogP contribution is 2.40. The van der Waals surface area contributed by atoms with E-state index in [1.165, 1.54) is 0 Å². The molecule has 3 nitrogen and oxygen atoms in total. The third-order valence-corrected chi connectivity index (χ3v) is 3.72. The molecule has 0 radical (unpaired) electrons. The van der Waals surface area contributed by atoms with E-state index in [9.17, 15) is 5.26 Å². The summed E-state index contributed by atoms with van der Waals surface area (Å²) >= 11 is 0.